The number of hydrogen-bond acceptors (Lipinski definition) is 6. The van der Waals surface area contributed by atoms with Crippen molar-refractivity contribution in [2.75, 3.05) is 0 Å². The molecule has 0 spiro atoms. The average Bonchev–Trinajstić information content (AvgIpc) is 3.06. The van der Waals surface area contributed by atoms with Crippen molar-refractivity contribution in [2.24, 2.45) is 28.6 Å². The monoisotopic (exact) mass is 472 g/mol. The Morgan fingerprint density at radius 3 is 2.53 bits per heavy atom. The van der Waals surface area contributed by atoms with E-state index >= 15 is 0 Å². The van der Waals surface area contributed by atoms with E-state index in [9.17, 15) is 24.3 Å². The van der Waals surface area contributed by atoms with Crippen LogP contribution in [-0.2, 0) is 23.9 Å². The van der Waals surface area contributed by atoms with Crippen LogP contribution < -0.4 is 0 Å². The number of aliphatic hydroxyl groups is 1. The summed E-state index contributed by atoms with van der Waals surface area (Å²) in [5.74, 6) is -0.347. The highest BCUT2D eigenvalue weighted by Crippen LogP contribution is 2.68. The first kappa shape index (κ1) is 25.3. The molecular weight excluding hydrogens is 432 g/mol. The maximum atomic E-state index is 13.7. The van der Waals surface area contributed by atoms with Crippen molar-refractivity contribution in [3.05, 3.63) is 11.6 Å². The second-order valence-electron chi connectivity index (χ2n) is 11.7. The number of carbonyl (C=O) groups is 4. The maximum absolute atomic E-state index is 13.7. The zero-order chi connectivity index (χ0) is 24.9. The number of Topliss-reactive ketones (excluding diaryl/α,β-unsaturated/α-hetero) is 2. The molecule has 4 aliphatic rings. The molecule has 3 fully saturated rings. The summed E-state index contributed by atoms with van der Waals surface area (Å²) in [5, 5.41) is 11.6. The van der Waals surface area contributed by atoms with Gasteiger partial charge in [0.15, 0.2) is 17.2 Å². The summed E-state index contributed by atoms with van der Waals surface area (Å²) in [7, 11) is 0. The fraction of sp³-hybridized carbons (Fsp3) is 0.786. The van der Waals surface area contributed by atoms with Crippen molar-refractivity contribution in [1.29, 1.82) is 0 Å². The number of aliphatic hydroxyl groups excluding tert-OH is 1. The minimum atomic E-state index is -1.36. The number of carbonyl (C=O) groups excluding carboxylic acids is 4. The Morgan fingerprint density at radius 1 is 1.12 bits per heavy atom. The van der Waals surface area contributed by atoms with E-state index in [1.807, 2.05) is 19.9 Å². The van der Waals surface area contributed by atoms with Gasteiger partial charge >= 0.3 is 5.97 Å². The second kappa shape index (κ2) is 9.00. The lowest BCUT2D eigenvalue weighted by Gasteiger charge is -2.60. The number of allylic oxidation sites excluding steroid dienone is 1. The normalized spacial score (nSPS) is 41.1. The Balaban J connectivity index is 1.73. The van der Waals surface area contributed by atoms with E-state index in [0.29, 0.717) is 25.7 Å². The smallest absolute Gasteiger partial charge is 0.306 e. The highest BCUT2D eigenvalue weighted by atomic mass is 16.6. The van der Waals surface area contributed by atoms with E-state index in [4.69, 9.17) is 4.74 Å². The van der Waals surface area contributed by atoms with Crippen molar-refractivity contribution in [2.45, 2.75) is 110 Å². The number of esters is 1. The van der Waals surface area contributed by atoms with Crippen molar-refractivity contribution >= 4 is 23.3 Å². The van der Waals surface area contributed by atoms with Gasteiger partial charge in [0.1, 0.15) is 5.78 Å². The predicted molar refractivity (Wildman–Crippen MR) is 127 cm³/mol. The lowest BCUT2D eigenvalue weighted by molar-refractivity contribution is -0.201. The van der Waals surface area contributed by atoms with Crippen LogP contribution in [0.4, 0.5) is 0 Å². The van der Waals surface area contributed by atoms with Gasteiger partial charge in [0.05, 0.1) is 12.5 Å². The van der Waals surface area contributed by atoms with Crippen LogP contribution in [0.5, 0.6) is 0 Å². The van der Waals surface area contributed by atoms with Crippen LogP contribution in [0.25, 0.3) is 0 Å². The summed E-state index contributed by atoms with van der Waals surface area (Å²) >= 11 is 0. The Hall–Kier alpha value is -1.82. The molecule has 188 valence electrons. The van der Waals surface area contributed by atoms with Crippen molar-refractivity contribution < 1.29 is 29.0 Å². The molecule has 0 amide bonds. The molecule has 4 aliphatic carbocycles. The van der Waals surface area contributed by atoms with Crippen LogP contribution in [-0.4, -0.2) is 40.1 Å². The highest BCUT2D eigenvalue weighted by molar-refractivity contribution is 6.04. The van der Waals surface area contributed by atoms with Gasteiger partial charge in [-0.2, -0.15) is 0 Å². The van der Waals surface area contributed by atoms with E-state index in [-0.39, 0.29) is 59.8 Å². The van der Waals surface area contributed by atoms with Crippen molar-refractivity contribution in [3.8, 4) is 0 Å². The Labute approximate surface area is 202 Å². The van der Waals surface area contributed by atoms with Crippen LogP contribution in [0.1, 0.15) is 98.3 Å². The molecule has 7 atom stereocenters. The predicted octanol–water partition coefficient (Wildman–Crippen LogP) is 4.51. The largest absolute Gasteiger partial charge is 0.450 e. The van der Waals surface area contributed by atoms with Crippen molar-refractivity contribution in [3.63, 3.8) is 0 Å². The zero-order valence-electron chi connectivity index (χ0n) is 21.2. The van der Waals surface area contributed by atoms with E-state index < -0.39 is 23.1 Å². The molecular formula is C28H40O6. The average molecular weight is 473 g/mol. The molecule has 0 aromatic heterocycles. The molecule has 0 heterocycles. The summed E-state index contributed by atoms with van der Waals surface area (Å²) in [6.45, 7) is 7.84. The van der Waals surface area contributed by atoms with Crippen LogP contribution in [0.2, 0.25) is 0 Å². The minimum absolute atomic E-state index is 0.0215. The van der Waals surface area contributed by atoms with Gasteiger partial charge in [-0.3, -0.25) is 19.2 Å². The first-order valence-corrected chi connectivity index (χ1v) is 13.2. The van der Waals surface area contributed by atoms with Gasteiger partial charge in [-0.1, -0.05) is 33.3 Å². The fourth-order valence-electron chi connectivity index (χ4n) is 8.25. The lowest BCUT2D eigenvalue weighted by atomic mass is 9.45. The topological polar surface area (TPSA) is 97.7 Å². The molecule has 0 bridgehead atoms. The molecule has 4 rings (SSSR count). The van der Waals surface area contributed by atoms with Gasteiger partial charge in [0.25, 0.3) is 0 Å². The van der Waals surface area contributed by atoms with Gasteiger partial charge < -0.3 is 9.84 Å². The summed E-state index contributed by atoms with van der Waals surface area (Å²) in [5.41, 5.74) is -1.13. The summed E-state index contributed by atoms with van der Waals surface area (Å²) in [6.07, 6.45) is 6.50. The molecule has 34 heavy (non-hydrogen) atoms. The van der Waals surface area contributed by atoms with Crippen LogP contribution >= 0.6 is 0 Å². The lowest BCUT2D eigenvalue weighted by Crippen LogP contribution is -2.63. The number of ketones is 3. The second-order valence-corrected chi connectivity index (χ2v) is 11.7. The summed E-state index contributed by atoms with van der Waals surface area (Å²) in [6, 6.07) is 0. The maximum Gasteiger partial charge on any atom is 0.306 e. The minimum Gasteiger partial charge on any atom is -0.450 e. The van der Waals surface area contributed by atoms with Crippen LogP contribution in [0.15, 0.2) is 11.6 Å². The van der Waals surface area contributed by atoms with E-state index in [2.05, 4.69) is 6.92 Å². The number of hydrogen-bond donors (Lipinski definition) is 1. The molecule has 0 aromatic carbocycles. The third kappa shape index (κ3) is 3.71. The first-order valence-electron chi connectivity index (χ1n) is 13.2. The summed E-state index contributed by atoms with van der Waals surface area (Å²) < 4.78 is 6.09. The molecule has 0 radical (unpaired) electrons. The number of ether oxygens (including phenoxy) is 1. The van der Waals surface area contributed by atoms with Gasteiger partial charge in [-0.15, -0.1) is 0 Å². The molecule has 0 aliphatic heterocycles. The fourth-order valence-corrected chi connectivity index (χ4v) is 8.25. The van der Waals surface area contributed by atoms with E-state index in [0.717, 1.165) is 31.3 Å². The van der Waals surface area contributed by atoms with Gasteiger partial charge in [0.2, 0.25) is 0 Å². The van der Waals surface area contributed by atoms with Gasteiger partial charge in [-0.25, -0.2) is 0 Å². The SMILES string of the molecule is CCCC(=O)O[C@]1(C(=O)CC(=O)CC)CC[C@H]2[C@@H]3CCC4=CC(=O)CC[C@]4(C)[C@H]3[C@@H](O)C[C@@]21C. The third-order valence-electron chi connectivity index (χ3n) is 9.96. The quantitative estimate of drug-likeness (QED) is 0.432. The molecule has 0 unspecified atom stereocenters. The van der Waals surface area contributed by atoms with Crippen LogP contribution in [0, 0.1) is 28.6 Å². The van der Waals surface area contributed by atoms with E-state index in [1.165, 1.54) is 0 Å². The van der Waals surface area contributed by atoms with E-state index in [1.54, 1.807) is 6.92 Å². The molecule has 0 aromatic rings. The van der Waals surface area contributed by atoms with Crippen LogP contribution in [0.3, 0.4) is 0 Å². The van der Waals surface area contributed by atoms with Gasteiger partial charge in [-0.05, 0) is 74.2 Å². The molecule has 0 saturated heterocycles. The Kier molecular flexibility index (Phi) is 6.69. The van der Waals surface area contributed by atoms with Gasteiger partial charge in [0, 0.05) is 24.7 Å². The number of fused-ring (bicyclic) bond motifs is 5. The molecule has 6 heteroatoms. The zero-order valence-corrected chi connectivity index (χ0v) is 21.2. The molecule has 3 saturated carbocycles. The Morgan fingerprint density at radius 2 is 1.85 bits per heavy atom. The standard InChI is InChI=1S/C28H40O6/c1-5-7-24(33)34-28(23(32)15-18(29)6-2)13-11-21-20-9-8-17-14-19(30)10-12-26(17,3)25(20)22(31)16-27(21,28)4/h14,20-22,25,31H,5-13,15-16H2,1-4H3/t20-,21-,22-,25+,26-,27-,28-/m0/s1. The number of rotatable bonds is 7. The first-order chi connectivity index (χ1) is 16.0. The third-order valence-corrected chi connectivity index (χ3v) is 9.96. The Bertz CT molecular complexity index is 920. The highest BCUT2D eigenvalue weighted by Gasteiger charge is 2.70. The molecule has 1 N–H and O–H groups in total. The summed E-state index contributed by atoms with van der Waals surface area (Å²) in [4.78, 5) is 50.8. The molecule has 6 nitrogen and oxygen atoms in total. The van der Waals surface area contributed by atoms with Crippen molar-refractivity contribution in [1.82, 2.24) is 0 Å².